The maximum atomic E-state index is 12.5. The van der Waals surface area contributed by atoms with Crippen molar-refractivity contribution in [1.29, 1.82) is 0 Å². The highest BCUT2D eigenvalue weighted by molar-refractivity contribution is 5.98. The molecule has 0 saturated heterocycles. The van der Waals surface area contributed by atoms with E-state index < -0.39 is 0 Å². The number of carbonyl (C=O) groups is 2. The van der Waals surface area contributed by atoms with E-state index in [1.54, 1.807) is 12.1 Å². The third-order valence-corrected chi connectivity index (χ3v) is 5.86. The molecule has 0 bridgehead atoms. The van der Waals surface area contributed by atoms with Crippen LogP contribution in [0.3, 0.4) is 0 Å². The summed E-state index contributed by atoms with van der Waals surface area (Å²) in [5, 5.41) is 0. The Morgan fingerprint density at radius 3 is 2.48 bits per heavy atom. The first-order chi connectivity index (χ1) is 11.9. The van der Waals surface area contributed by atoms with Gasteiger partial charge in [-0.1, -0.05) is 36.8 Å². The predicted octanol–water partition coefficient (Wildman–Crippen LogP) is 4.80. The van der Waals surface area contributed by atoms with Crippen LogP contribution in [0.5, 0.6) is 5.75 Å². The lowest BCUT2D eigenvalue weighted by Crippen LogP contribution is -2.18. The van der Waals surface area contributed by atoms with Gasteiger partial charge in [-0.2, -0.15) is 0 Å². The van der Waals surface area contributed by atoms with Gasteiger partial charge in [0.25, 0.3) is 0 Å². The van der Waals surface area contributed by atoms with Gasteiger partial charge in [-0.15, -0.1) is 0 Å². The lowest BCUT2D eigenvalue weighted by molar-refractivity contribution is -0.130. The van der Waals surface area contributed by atoms with Crippen LogP contribution in [0.1, 0.15) is 45.1 Å². The van der Waals surface area contributed by atoms with Crippen molar-refractivity contribution >= 4 is 11.8 Å². The van der Waals surface area contributed by atoms with Gasteiger partial charge in [-0.25, -0.2) is 4.79 Å². The molecule has 3 rings (SSSR count). The van der Waals surface area contributed by atoms with Gasteiger partial charge in [-0.05, 0) is 68.6 Å². The summed E-state index contributed by atoms with van der Waals surface area (Å²) in [6.45, 7) is 10.2. The van der Waals surface area contributed by atoms with Gasteiger partial charge in [-0.3, -0.25) is 4.79 Å². The molecule has 0 heterocycles. The van der Waals surface area contributed by atoms with Gasteiger partial charge >= 0.3 is 5.97 Å². The van der Waals surface area contributed by atoms with E-state index in [2.05, 4.69) is 13.5 Å². The molecule has 0 N–H and O–H groups in total. The number of allylic oxidation sites excluding steroid dienone is 2. The highest BCUT2D eigenvalue weighted by Gasteiger charge is 2.38. The Bertz CT molecular complexity index is 739. The molecule has 0 radical (unpaired) electrons. The van der Waals surface area contributed by atoms with Crippen molar-refractivity contribution in [3.05, 3.63) is 53.1 Å². The van der Waals surface area contributed by atoms with Gasteiger partial charge in [0.15, 0.2) is 5.78 Å². The third kappa shape index (κ3) is 3.60. The Kier molecular flexibility index (Phi) is 4.94. The van der Waals surface area contributed by atoms with E-state index in [1.165, 1.54) is 5.57 Å². The van der Waals surface area contributed by atoms with Crippen molar-refractivity contribution in [3.8, 4) is 5.75 Å². The largest absolute Gasteiger partial charge is 0.423 e. The molecule has 25 heavy (non-hydrogen) atoms. The van der Waals surface area contributed by atoms with Crippen molar-refractivity contribution < 1.29 is 14.3 Å². The van der Waals surface area contributed by atoms with Crippen molar-refractivity contribution in [1.82, 2.24) is 0 Å². The first-order valence-electron chi connectivity index (χ1n) is 9.07. The number of ether oxygens (including phenoxy) is 1. The van der Waals surface area contributed by atoms with E-state index in [4.69, 9.17) is 4.74 Å². The normalized spacial score (nSPS) is 26.2. The van der Waals surface area contributed by atoms with Gasteiger partial charge < -0.3 is 4.74 Å². The molecular formula is C22H26O3. The van der Waals surface area contributed by atoms with Crippen LogP contribution >= 0.6 is 0 Å². The summed E-state index contributed by atoms with van der Waals surface area (Å²) in [5.74, 6) is 1.33. The van der Waals surface area contributed by atoms with E-state index in [9.17, 15) is 9.59 Å². The monoisotopic (exact) mass is 338 g/mol. The molecule has 2 aliphatic carbocycles. The zero-order chi connectivity index (χ0) is 18.1. The summed E-state index contributed by atoms with van der Waals surface area (Å²) in [6.07, 6.45) is 3.32. The molecule has 3 heteroatoms. The second kappa shape index (κ2) is 6.99. The number of ketones is 1. The molecule has 1 aromatic rings. The lowest BCUT2D eigenvalue weighted by Gasteiger charge is -2.19. The minimum Gasteiger partial charge on any atom is -0.423 e. The Hall–Kier alpha value is -2.16. The SMILES string of the molecule is C=C(C(=O)Oc1ccc(C)cc1)[C@H]1CCC(C)[C@@H]2CC(=O)C(C)=C2C1. The minimum atomic E-state index is -0.359. The molecule has 132 valence electrons. The summed E-state index contributed by atoms with van der Waals surface area (Å²) in [4.78, 5) is 24.6. The predicted molar refractivity (Wildman–Crippen MR) is 98.3 cm³/mol. The highest BCUT2D eigenvalue weighted by Crippen LogP contribution is 2.45. The first-order valence-corrected chi connectivity index (χ1v) is 9.07. The van der Waals surface area contributed by atoms with Crippen LogP contribution in [0.4, 0.5) is 0 Å². The van der Waals surface area contributed by atoms with Crippen LogP contribution in [0, 0.1) is 24.7 Å². The fraction of sp³-hybridized carbons (Fsp3) is 0.455. The van der Waals surface area contributed by atoms with Crippen molar-refractivity contribution in [2.45, 2.75) is 46.5 Å². The average Bonchev–Trinajstić information content (AvgIpc) is 2.77. The molecule has 1 unspecified atom stereocenters. The second-order valence-electron chi connectivity index (χ2n) is 7.57. The third-order valence-electron chi connectivity index (χ3n) is 5.86. The van der Waals surface area contributed by atoms with Gasteiger partial charge in [0.05, 0.1) is 0 Å². The van der Waals surface area contributed by atoms with E-state index in [0.29, 0.717) is 29.6 Å². The number of hydrogen-bond donors (Lipinski definition) is 0. The van der Waals surface area contributed by atoms with Crippen molar-refractivity contribution in [3.63, 3.8) is 0 Å². The Morgan fingerprint density at radius 1 is 1.12 bits per heavy atom. The summed E-state index contributed by atoms with van der Waals surface area (Å²) < 4.78 is 5.49. The number of esters is 1. The van der Waals surface area contributed by atoms with Gasteiger partial charge in [0, 0.05) is 12.0 Å². The molecule has 0 aliphatic heterocycles. The van der Waals surface area contributed by atoms with E-state index in [0.717, 1.165) is 30.4 Å². The number of Topliss-reactive ketones (excluding diaryl/α,β-unsaturated/α-hetero) is 1. The summed E-state index contributed by atoms with van der Waals surface area (Å²) in [7, 11) is 0. The average molecular weight is 338 g/mol. The highest BCUT2D eigenvalue weighted by atomic mass is 16.5. The molecule has 2 aliphatic rings. The number of fused-ring (bicyclic) bond motifs is 1. The molecule has 0 amide bonds. The molecule has 1 saturated carbocycles. The lowest BCUT2D eigenvalue weighted by atomic mass is 9.86. The molecule has 1 fully saturated rings. The fourth-order valence-corrected chi connectivity index (χ4v) is 4.06. The zero-order valence-corrected chi connectivity index (χ0v) is 15.3. The number of rotatable bonds is 3. The molecule has 0 spiro atoms. The van der Waals surface area contributed by atoms with E-state index >= 15 is 0 Å². The number of carbonyl (C=O) groups excluding carboxylic acids is 2. The first kappa shape index (κ1) is 17.7. The number of aryl methyl sites for hydroxylation is 1. The molecular weight excluding hydrogens is 312 g/mol. The van der Waals surface area contributed by atoms with Gasteiger partial charge in [0.1, 0.15) is 5.75 Å². The fourth-order valence-electron chi connectivity index (χ4n) is 4.06. The van der Waals surface area contributed by atoms with Crippen LogP contribution in [0.25, 0.3) is 0 Å². The summed E-state index contributed by atoms with van der Waals surface area (Å²) >= 11 is 0. The zero-order valence-electron chi connectivity index (χ0n) is 15.3. The summed E-state index contributed by atoms with van der Waals surface area (Å²) in [6, 6.07) is 7.44. The van der Waals surface area contributed by atoms with Gasteiger partial charge in [0.2, 0.25) is 0 Å². The smallest absolute Gasteiger partial charge is 0.339 e. The molecule has 3 nitrogen and oxygen atoms in total. The van der Waals surface area contributed by atoms with Crippen LogP contribution < -0.4 is 4.74 Å². The second-order valence-corrected chi connectivity index (χ2v) is 7.57. The quantitative estimate of drug-likeness (QED) is 0.452. The molecule has 3 atom stereocenters. The number of hydrogen-bond acceptors (Lipinski definition) is 3. The van der Waals surface area contributed by atoms with Crippen LogP contribution in [0.15, 0.2) is 47.6 Å². The van der Waals surface area contributed by atoms with Crippen LogP contribution in [0.2, 0.25) is 0 Å². The van der Waals surface area contributed by atoms with Crippen molar-refractivity contribution in [2.24, 2.45) is 17.8 Å². The van der Waals surface area contributed by atoms with Crippen LogP contribution in [-0.4, -0.2) is 11.8 Å². The Morgan fingerprint density at radius 2 is 1.80 bits per heavy atom. The van der Waals surface area contributed by atoms with E-state index in [-0.39, 0.29) is 17.7 Å². The van der Waals surface area contributed by atoms with E-state index in [1.807, 2.05) is 26.0 Å². The topological polar surface area (TPSA) is 43.4 Å². The van der Waals surface area contributed by atoms with Crippen LogP contribution in [-0.2, 0) is 9.59 Å². The number of benzene rings is 1. The minimum absolute atomic E-state index is 0.0567. The molecule has 0 aromatic heterocycles. The Labute approximate surface area is 149 Å². The maximum Gasteiger partial charge on any atom is 0.339 e. The maximum absolute atomic E-state index is 12.5. The summed E-state index contributed by atoms with van der Waals surface area (Å²) in [5.41, 5.74) is 3.79. The standard InChI is InChI=1S/C22H26O3/c1-13-5-9-18(10-6-13)25-22(24)15(3)17-8-7-14(2)19-12-21(23)16(4)20(19)11-17/h5-6,9-10,14,17,19H,3,7-8,11-12H2,1-2,4H3/t14?,17-,19-/m0/s1. The Balaban J connectivity index is 1.74. The van der Waals surface area contributed by atoms with Crippen molar-refractivity contribution in [2.75, 3.05) is 0 Å². The molecule has 1 aromatic carbocycles.